The molecule has 1 aromatic rings. The van der Waals surface area contributed by atoms with Gasteiger partial charge in [0, 0.05) is 32.9 Å². The maximum absolute atomic E-state index is 5.53. The van der Waals surface area contributed by atoms with Crippen LogP contribution in [-0.4, -0.2) is 36.7 Å². The first-order chi connectivity index (χ1) is 7.80. The third-order valence-corrected chi connectivity index (χ3v) is 2.57. The molecule has 1 heterocycles. The van der Waals surface area contributed by atoms with E-state index in [1.165, 1.54) is 0 Å². The van der Waals surface area contributed by atoms with Gasteiger partial charge in [-0.3, -0.25) is 9.88 Å². The molecule has 0 aliphatic rings. The quantitative estimate of drug-likeness (QED) is 0.749. The minimum atomic E-state index is 0.550. The number of pyridine rings is 1. The molecule has 0 saturated carbocycles. The van der Waals surface area contributed by atoms with Crippen LogP contribution in [0.4, 0.5) is 0 Å². The Bertz CT molecular complexity index is 287. The standard InChI is InChI=1S/C12H21N3O/c1-3-15(6-7-16-2)10-12-5-4-11(8-13)9-14-12/h4-5,9H,3,6-8,10,13H2,1-2H3. The van der Waals surface area contributed by atoms with Crippen LogP contribution in [0.25, 0.3) is 0 Å². The fraction of sp³-hybridized carbons (Fsp3) is 0.583. The van der Waals surface area contributed by atoms with Crippen LogP contribution in [0.1, 0.15) is 18.2 Å². The van der Waals surface area contributed by atoms with Crippen LogP contribution in [0.3, 0.4) is 0 Å². The van der Waals surface area contributed by atoms with Crippen LogP contribution in [-0.2, 0) is 17.8 Å². The van der Waals surface area contributed by atoms with Crippen LogP contribution in [0, 0.1) is 0 Å². The van der Waals surface area contributed by atoms with Gasteiger partial charge in [-0.05, 0) is 18.2 Å². The fourth-order valence-electron chi connectivity index (χ4n) is 1.47. The molecule has 0 spiro atoms. The number of nitrogens with two attached hydrogens (primary N) is 1. The minimum Gasteiger partial charge on any atom is -0.383 e. The normalized spacial score (nSPS) is 11.0. The highest BCUT2D eigenvalue weighted by Crippen LogP contribution is 2.03. The molecule has 0 atom stereocenters. The maximum atomic E-state index is 5.53. The maximum Gasteiger partial charge on any atom is 0.0589 e. The van der Waals surface area contributed by atoms with Gasteiger partial charge in [0.2, 0.25) is 0 Å². The summed E-state index contributed by atoms with van der Waals surface area (Å²) < 4.78 is 5.07. The van der Waals surface area contributed by atoms with E-state index in [2.05, 4.69) is 16.8 Å². The molecule has 0 amide bonds. The van der Waals surface area contributed by atoms with Gasteiger partial charge in [0.15, 0.2) is 0 Å². The molecule has 0 radical (unpaired) electrons. The Labute approximate surface area is 97.4 Å². The number of methoxy groups -OCH3 is 1. The Morgan fingerprint density at radius 2 is 2.25 bits per heavy atom. The van der Waals surface area contributed by atoms with Crippen LogP contribution < -0.4 is 5.73 Å². The highest BCUT2D eigenvalue weighted by atomic mass is 16.5. The number of rotatable bonds is 7. The molecule has 16 heavy (non-hydrogen) atoms. The lowest BCUT2D eigenvalue weighted by Crippen LogP contribution is -2.27. The first-order valence-corrected chi connectivity index (χ1v) is 5.65. The summed E-state index contributed by atoms with van der Waals surface area (Å²) in [6, 6.07) is 4.07. The summed E-state index contributed by atoms with van der Waals surface area (Å²) in [6.45, 7) is 6.26. The third-order valence-electron chi connectivity index (χ3n) is 2.57. The van der Waals surface area contributed by atoms with E-state index in [1.807, 2.05) is 18.3 Å². The molecule has 90 valence electrons. The number of ether oxygens (including phenoxy) is 1. The molecule has 0 bridgehead atoms. The Hall–Kier alpha value is -0.970. The van der Waals surface area contributed by atoms with Crippen molar-refractivity contribution >= 4 is 0 Å². The van der Waals surface area contributed by atoms with Crippen LogP contribution >= 0.6 is 0 Å². The SMILES string of the molecule is CCN(CCOC)Cc1ccc(CN)cn1. The molecule has 0 saturated heterocycles. The zero-order valence-corrected chi connectivity index (χ0v) is 10.1. The second-order valence-electron chi connectivity index (χ2n) is 3.72. The van der Waals surface area contributed by atoms with Crippen molar-refractivity contribution in [3.05, 3.63) is 29.6 Å². The number of hydrogen-bond donors (Lipinski definition) is 1. The average Bonchev–Trinajstić information content (AvgIpc) is 2.35. The van der Waals surface area contributed by atoms with E-state index >= 15 is 0 Å². The van der Waals surface area contributed by atoms with E-state index in [0.29, 0.717) is 6.54 Å². The lowest BCUT2D eigenvalue weighted by molar-refractivity contribution is 0.147. The molecule has 4 heteroatoms. The highest BCUT2D eigenvalue weighted by Gasteiger charge is 2.04. The summed E-state index contributed by atoms with van der Waals surface area (Å²) >= 11 is 0. The second-order valence-corrected chi connectivity index (χ2v) is 3.72. The zero-order valence-electron chi connectivity index (χ0n) is 10.1. The molecule has 0 unspecified atom stereocenters. The van der Waals surface area contributed by atoms with E-state index in [1.54, 1.807) is 7.11 Å². The van der Waals surface area contributed by atoms with Crippen molar-refractivity contribution in [2.24, 2.45) is 5.73 Å². The van der Waals surface area contributed by atoms with Crippen molar-refractivity contribution < 1.29 is 4.74 Å². The number of likely N-dealkylation sites (N-methyl/N-ethyl adjacent to an activating group) is 1. The first kappa shape index (κ1) is 13.1. The molecule has 0 fully saturated rings. The van der Waals surface area contributed by atoms with Gasteiger partial charge in [0.25, 0.3) is 0 Å². The van der Waals surface area contributed by atoms with Crippen molar-refractivity contribution in [2.45, 2.75) is 20.0 Å². The van der Waals surface area contributed by atoms with Crippen LogP contribution in [0.2, 0.25) is 0 Å². The van der Waals surface area contributed by atoms with Crippen molar-refractivity contribution in [1.82, 2.24) is 9.88 Å². The van der Waals surface area contributed by atoms with Crippen LogP contribution in [0.5, 0.6) is 0 Å². The number of aromatic nitrogens is 1. The molecular weight excluding hydrogens is 202 g/mol. The molecule has 2 N–H and O–H groups in total. The van der Waals surface area contributed by atoms with Gasteiger partial charge in [-0.1, -0.05) is 13.0 Å². The van der Waals surface area contributed by atoms with Crippen LogP contribution in [0.15, 0.2) is 18.3 Å². The van der Waals surface area contributed by atoms with Gasteiger partial charge in [-0.15, -0.1) is 0 Å². The predicted molar refractivity (Wildman–Crippen MR) is 65.0 cm³/mol. The lowest BCUT2D eigenvalue weighted by Gasteiger charge is -2.19. The summed E-state index contributed by atoms with van der Waals surface area (Å²) in [7, 11) is 1.72. The van der Waals surface area contributed by atoms with Crippen molar-refractivity contribution in [1.29, 1.82) is 0 Å². The number of hydrogen-bond acceptors (Lipinski definition) is 4. The molecule has 1 aromatic heterocycles. The van der Waals surface area contributed by atoms with Gasteiger partial charge in [0.05, 0.1) is 12.3 Å². The van der Waals surface area contributed by atoms with Gasteiger partial charge in [-0.25, -0.2) is 0 Å². The van der Waals surface area contributed by atoms with E-state index in [0.717, 1.165) is 37.5 Å². The van der Waals surface area contributed by atoms with Gasteiger partial charge in [0.1, 0.15) is 0 Å². The topological polar surface area (TPSA) is 51.4 Å². The molecule has 0 aliphatic carbocycles. The first-order valence-electron chi connectivity index (χ1n) is 5.65. The van der Waals surface area contributed by atoms with Crippen molar-refractivity contribution in [3.63, 3.8) is 0 Å². The summed E-state index contributed by atoms with van der Waals surface area (Å²) in [5.41, 5.74) is 7.68. The Morgan fingerprint density at radius 1 is 1.44 bits per heavy atom. The van der Waals surface area contributed by atoms with E-state index in [-0.39, 0.29) is 0 Å². The molecule has 1 rings (SSSR count). The van der Waals surface area contributed by atoms with Gasteiger partial charge in [-0.2, -0.15) is 0 Å². The van der Waals surface area contributed by atoms with E-state index in [4.69, 9.17) is 10.5 Å². The van der Waals surface area contributed by atoms with Crippen molar-refractivity contribution in [2.75, 3.05) is 26.8 Å². The summed E-state index contributed by atoms with van der Waals surface area (Å²) in [4.78, 5) is 6.68. The second kappa shape index (κ2) is 7.33. The zero-order chi connectivity index (χ0) is 11.8. The lowest BCUT2D eigenvalue weighted by atomic mass is 10.2. The predicted octanol–water partition coefficient (Wildman–Crippen LogP) is 1.01. The van der Waals surface area contributed by atoms with E-state index < -0.39 is 0 Å². The Morgan fingerprint density at radius 3 is 2.75 bits per heavy atom. The summed E-state index contributed by atoms with van der Waals surface area (Å²) in [6.07, 6.45) is 1.85. The highest BCUT2D eigenvalue weighted by molar-refractivity contribution is 5.13. The molecule has 0 aromatic carbocycles. The molecular formula is C12H21N3O. The fourth-order valence-corrected chi connectivity index (χ4v) is 1.47. The van der Waals surface area contributed by atoms with Gasteiger partial charge < -0.3 is 10.5 Å². The monoisotopic (exact) mass is 223 g/mol. The van der Waals surface area contributed by atoms with Gasteiger partial charge >= 0.3 is 0 Å². The average molecular weight is 223 g/mol. The number of nitrogens with zero attached hydrogens (tertiary/aromatic N) is 2. The van der Waals surface area contributed by atoms with E-state index in [9.17, 15) is 0 Å². The Kier molecular flexibility index (Phi) is 6.00. The minimum absolute atomic E-state index is 0.550. The van der Waals surface area contributed by atoms with Crippen molar-refractivity contribution in [3.8, 4) is 0 Å². The smallest absolute Gasteiger partial charge is 0.0589 e. The molecule has 4 nitrogen and oxygen atoms in total. The summed E-state index contributed by atoms with van der Waals surface area (Å²) in [5, 5.41) is 0. The largest absolute Gasteiger partial charge is 0.383 e. The molecule has 0 aliphatic heterocycles. The summed E-state index contributed by atoms with van der Waals surface area (Å²) in [5.74, 6) is 0. The third kappa shape index (κ3) is 4.26. The Balaban J connectivity index is 2.49.